The Balaban J connectivity index is 3.51. The van der Waals surface area contributed by atoms with Crippen molar-refractivity contribution >= 4 is 11.6 Å². The summed E-state index contributed by atoms with van der Waals surface area (Å²) in [5, 5.41) is 0. The van der Waals surface area contributed by atoms with Gasteiger partial charge in [0.05, 0.1) is 0 Å². The molecule has 0 N–H and O–H groups in total. The van der Waals surface area contributed by atoms with E-state index in [2.05, 4.69) is 20.4 Å². The average molecular weight is 189 g/mol. The molecule has 0 aliphatic heterocycles. The predicted octanol–water partition coefficient (Wildman–Crippen LogP) is 4.39. The van der Waals surface area contributed by atoms with Gasteiger partial charge in [0, 0.05) is 5.88 Å². The van der Waals surface area contributed by atoms with E-state index in [4.69, 9.17) is 11.6 Å². The number of alkyl halides is 1. The fourth-order valence-corrected chi connectivity index (χ4v) is 1.42. The van der Waals surface area contributed by atoms with Crippen molar-refractivity contribution < 1.29 is 0 Å². The summed E-state index contributed by atoms with van der Waals surface area (Å²) in [5.74, 6) is 0.697. The molecule has 1 unspecified atom stereocenters. The quantitative estimate of drug-likeness (QED) is 0.316. The Morgan fingerprint density at radius 2 is 2.00 bits per heavy atom. The largest absolute Gasteiger partial charge is 0.126 e. The summed E-state index contributed by atoms with van der Waals surface area (Å²) >= 11 is 5.85. The maximum absolute atomic E-state index is 5.85. The van der Waals surface area contributed by atoms with Gasteiger partial charge in [0.25, 0.3) is 0 Å². The number of hydrogen-bond acceptors (Lipinski definition) is 0. The molecule has 0 fully saturated rings. The highest BCUT2D eigenvalue weighted by Crippen LogP contribution is 2.27. The van der Waals surface area contributed by atoms with E-state index < -0.39 is 0 Å². The average Bonchev–Trinajstić information content (AvgIpc) is 2.12. The molecule has 0 saturated carbocycles. The van der Waals surface area contributed by atoms with E-state index in [-0.39, 0.29) is 5.41 Å². The first-order valence-corrected chi connectivity index (χ1v) is 5.41. The molecule has 0 aromatic carbocycles. The Hall–Kier alpha value is 0.0300. The van der Waals surface area contributed by atoms with Gasteiger partial charge in [-0.1, -0.05) is 45.6 Å². The Morgan fingerprint density at radius 3 is 2.42 bits per heavy atom. The maximum Gasteiger partial charge on any atom is 0.0311 e. The first kappa shape index (κ1) is 12.0. The van der Waals surface area contributed by atoms with Crippen molar-refractivity contribution in [2.24, 2.45) is 5.41 Å². The van der Waals surface area contributed by atoms with E-state index >= 15 is 0 Å². The highest BCUT2D eigenvalue weighted by atomic mass is 35.5. The van der Waals surface area contributed by atoms with Crippen LogP contribution in [-0.4, -0.2) is 5.88 Å². The van der Waals surface area contributed by atoms with Crippen LogP contribution in [0.1, 0.15) is 46.0 Å². The Bertz CT molecular complexity index is 120. The lowest BCUT2D eigenvalue weighted by Gasteiger charge is -2.22. The van der Waals surface area contributed by atoms with Crippen LogP contribution in [0.4, 0.5) is 0 Å². The van der Waals surface area contributed by atoms with Gasteiger partial charge in [-0.15, -0.1) is 18.2 Å². The predicted molar refractivity (Wildman–Crippen MR) is 57.8 cm³/mol. The molecule has 72 valence electrons. The molecule has 12 heavy (non-hydrogen) atoms. The van der Waals surface area contributed by atoms with Crippen molar-refractivity contribution in [1.29, 1.82) is 0 Å². The second-order valence-electron chi connectivity index (χ2n) is 3.80. The SMILES string of the molecule is C=CC(C)(CCl)CCCCCC. The highest BCUT2D eigenvalue weighted by Gasteiger charge is 2.17. The first-order valence-electron chi connectivity index (χ1n) is 4.88. The van der Waals surface area contributed by atoms with Crippen LogP contribution < -0.4 is 0 Å². The molecule has 0 amide bonds. The smallest absolute Gasteiger partial charge is 0.0311 e. The zero-order valence-corrected chi connectivity index (χ0v) is 9.16. The molecule has 0 radical (unpaired) electrons. The molecule has 0 aromatic rings. The van der Waals surface area contributed by atoms with Gasteiger partial charge in [-0.25, -0.2) is 0 Å². The van der Waals surface area contributed by atoms with E-state index in [9.17, 15) is 0 Å². The number of unbranched alkanes of at least 4 members (excludes halogenated alkanes) is 3. The van der Waals surface area contributed by atoms with Gasteiger partial charge in [-0.05, 0) is 11.8 Å². The third-order valence-corrected chi connectivity index (χ3v) is 3.01. The lowest BCUT2D eigenvalue weighted by Crippen LogP contribution is -2.14. The molecule has 0 bridgehead atoms. The van der Waals surface area contributed by atoms with E-state index in [0.717, 1.165) is 0 Å². The van der Waals surface area contributed by atoms with Crippen LogP contribution in [0.5, 0.6) is 0 Å². The molecule has 0 aliphatic rings. The molecule has 0 aliphatic carbocycles. The van der Waals surface area contributed by atoms with Crippen LogP contribution in [0.2, 0.25) is 0 Å². The summed E-state index contributed by atoms with van der Waals surface area (Å²) < 4.78 is 0. The van der Waals surface area contributed by atoms with Crippen LogP contribution >= 0.6 is 11.6 Å². The van der Waals surface area contributed by atoms with Crippen molar-refractivity contribution in [3.8, 4) is 0 Å². The Kier molecular flexibility index (Phi) is 6.55. The first-order chi connectivity index (χ1) is 5.68. The summed E-state index contributed by atoms with van der Waals surface area (Å²) in [4.78, 5) is 0. The minimum absolute atomic E-state index is 0.162. The van der Waals surface area contributed by atoms with Crippen LogP contribution in [0.15, 0.2) is 12.7 Å². The minimum atomic E-state index is 0.162. The summed E-state index contributed by atoms with van der Waals surface area (Å²) in [5.41, 5.74) is 0.162. The van der Waals surface area contributed by atoms with Crippen molar-refractivity contribution in [3.63, 3.8) is 0 Å². The fraction of sp³-hybridized carbons (Fsp3) is 0.818. The van der Waals surface area contributed by atoms with Gasteiger partial charge in [0.1, 0.15) is 0 Å². The van der Waals surface area contributed by atoms with E-state index in [1.54, 1.807) is 0 Å². The van der Waals surface area contributed by atoms with Crippen LogP contribution in [0.25, 0.3) is 0 Å². The van der Waals surface area contributed by atoms with Crippen LogP contribution in [-0.2, 0) is 0 Å². The second kappa shape index (κ2) is 6.54. The van der Waals surface area contributed by atoms with Gasteiger partial charge in [0.15, 0.2) is 0 Å². The third-order valence-electron chi connectivity index (χ3n) is 2.40. The molecule has 0 rings (SSSR count). The van der Waals surface area contributed by atoms with Gasteiger partial charge >= 0.3 is 0 Å². The van der Waals surface area contributed by atoms with Gasteiger partial charge in [0.2, 0.25) is 0 Å². The topological polar surface area (TPSA) is 0 Å². The normalized spacial score (nSPS) is 15.6. The molecule has 0 spiro atoms. The number of hydrogen-bond donors (Lipinski definition) is 0. The zero-order valence-electron chi connectivity index (χ0n) is 8.41. The summed E-state index contributed by atoms with van der Waals surface area (Å²) in [6, 6.07) is 0. The summed E-state index contributed by atoms with van der Waals surface area (Å²) in [6.45, 7) is 8.23. The van der Waals surface area contributed by atoms with Gasteiger partial charge in [-0.2, -0.15) is 0 Å². The lowest BCUT2D eigenvalue weighted by atomic mass is 9.87. The van der Waals surface area contributed by atoms with Crippen molar-refractivity contribution in [3.05, 3.63) is 12.7 Å². The van der Waals surface area contributed by atoms with Crippen molar-refractivity contribution in [2.75, 3.05) is 5.88 Å². The van der Waals surface area contributed by atoms with Crippen molar-refractivity contribution in [1.82, 2.24) is 0 Å². The molecular weight excluding hydrogens is 168 g/mol. The zero-order chi connectivity index (χ0) is 9.45. The number of rotatable bonds is 7. The second-order valence-corrected chi connectivity index (χ2v) is 4.07. The monoisotopic (exact) mass is 188 g/mol. The van der Waals surface area contributed by atoms with Gasteiger partial charge in [-0.3, -0.25) is 0 Å². The summed E-state index contributed by atoms with van der Waals surface area (Å²) in [6.07, 6.45) is 8.42. The lowest BCUT2D eigenvalue weighted by molar-refractivity contribution is 0.416. The standard InChI is InChI=1S/C11H21Cl/c1-4-6-7-8-9-11(3,5-2)10-12/h5H,2,4,6-10H2,1,3H3. The maximum atomic E-state index is 5.85. The van der Waals surface area contributed by atoms with E-state index in [1.165, 1.54) is 32.1 Å². The molecule has 1 atom stereocenters. The number of allylic oxidation sites excluding steroid dienone is 1. The highest BCUT2D eigenvalue weighted by molar-refractivity contribution is 6.18. The Labute approximate surface area is 82.0 Å². The Morgan fingerprint density at radius 1 is 1.33 bits per heavy atom. The fourth-order valence-electron chi connectivity index (χ4n) is 1.18. The van der Waals surface area contributed by atoms with E-state index in [0.29, 0.717) is 5.88 Å². The molecular formula is C11H21Cl. The summed E-state index contributed by atoms with van der Waals surface area (Å²) in [7, 11) is 0. The molecule has 0 saturated heterocycles. The third kappa shape index (κ3) is 4.82. The van der Waals surface area contributed by atoms with Crippen molar-refractivity contribution in [2.45, 2.75) is 46.0 Å². The van der Waals surface area contributed by atoms with Crippen LogP contribution in [0, 0.1) is 5.41 Å². The molecule has 0 nitrogen and oxygen atoms in total. The number of halogens is 1. The van der Waals surface area contributed by atoms with Gasteiger partial charge < -0.3 is 0 Å². The molecule has 0 heterocycles. The van der Waals surface area contributed by atoms with E-state index in [1.807, 2.05) is 6.08 Å². The molecule has 0 aromatic heterocycles. The molecule has 1 heteroatoms. The van der Waals surface area contributed by atoms with Crippen LogP contribution in [0.3, 0.4) is 0 Å². The minimum Gasteiger partial charge on any atom is -0.126 e.